The van der Waals surface area contributed by atoms with Crippen LogP contribution in [0.2, 0.25) is 0 Å². The van der Waals surface area contributed by atoms with Crippen LogP contribution in [0.3, 0.4) is 0 Å². The average molecular weight is 516 g/mol. The molecule has 0 radical (unpaired) electrons. The topological polar surface area (TPSA) is 61.9 Å². The number of ether oxygens (including phenoxy) is 1. The van der Waals surface area contributed by atoms with E-state index in [9.17, 15) is 14.0 Å². The van der Waals surface area contributed by atoms with E-state index in [2.05, 4.69) is 16.8 Å². The highest BCUT2D eigenvalue weighted by Crippen LogP contribution is 2.26. The molecule has 3 aromatic carbocycles. The molecule has 2 amide bonds. The number of rotatable bonds is 9. The SMILES string of the molecule is C=CC(=O)N1CCN(C[C@@H](Oc2ccc(C(=O)NCc3ccccc3)cc2)c2ccc(C)c(F)c2)C[C@H]1C. The summed E-state index contributed by atoms with van der Waals surface area (Å²) in [6.07, 6.45) is 0.912. The van der Waals surface area contributed by atoms with Gasteiger partial charge >= 0.3 is 0 Å². The zero-order valence-corrected chi connectivity index (χ0v) is 21.9. The van der Waals surface area contributed by atoms with Crippen molar-refractivity contribution in [1.29, 1.82) is 0 Å². The van der Waals surface area contributed by atoms with Crippen LogP contribution in [0, 0.1) is 12.7 Å². The highest BCUT2D eigenvalue weighted by molar-refractivity contribution is 5.94. The van der Waals surface area contributed by atoms with Crippen molar-refractivity contribution in [2.75, 3.05) is 26.2 Å². The summed E-state index contributed by atoms with van der Waals surface area (Å²) >= 11 is 0. The van der Waals surface area contributed by atoms with Gasteiger partial charge in [0, 0.05) is 44.3 Å². The Morgan fingerprint density at radius 3 is 2.50 bits per heavy atom. The molecule has 4 rings (SSSR count). The molecule has 1 aliphatic heterocycles. The van der Waals surface area contributed by atoms with Gasteiger partial charge in [-0.2, -0.15) is 0 Å². The zero-order chi connectivity index (χ0) is 27.1. The zero-order valence-electron chi connectivity index (χ0n) is 21.9. The first-order chi connectivity index (χ1) is 18.3. The molecule has 1 fully saturated rings. The number of carbonyl (C=O) groups is 2. The fourth-order valence-corrected chi connectivity index (χ4v) is 4.63. The first-order valence-corrected chi connectivity index (χ1v) is 12.8. The average Bonchev–Trinajstić information content (AvgIpc) is 2.93. The fraction of sp³-hybridized carbons (Fsp3) is 0.290. The summed E-state index contributed by atoms with van der Waals surface area (Å²) in [6.45, 7) is 10.3. The maximum atomic E-state index is 14.5. The Bertz CT molecular complexity index is 1260. The number of nitrogens with one attached hydrogen (secondary N) is 1. The molecule has 7 heteroatoms. The van der Waals surface area contributed by atoms with Crippen molar-refractivity contribution in [2.24, 2.45) is 0 Å². The smallest absolute Gasteiger partial charge is 0.251 e. The highest BCUT2D eigenvalue weighted by atomic mass is 19.1. The lowest BCUT2D eigenvalue weighted by Crippen LogP contribution is -2.54. The highest BCUT2D eigenvalue weighted by Gasteiger charge is 2.28. The third-order valence-corrected chi connectivity index (χ3v) is 6.85. The van der Waals surface area contributed by atoms with Crippen LogP contribution in [-0.4, -0.2) is 53.8 Å². The lowest BCUT2D eigenvalue weighted by molar-refractivity contribution is -0.130. The van der Waals surface area contributed by atoms with Gasteiger partial charge in [-0.1, -0.05) is 49.0 Å². The number of benzene rings is 3. The number of carbonyl (C=O) groups excluding carboxylic acids is 2. The maximum absolute atomic E-state index is 14.5. The summed E-state index contributed by atoms with van der Waals surface area (Å²) in [5, 5.41) is 2.92. The van der Waals surface area contributed by atoms with Crippen LogP contribution in [0.15, 0.2) is 85.5 Å². The van der Waals surface area contributed by atoms with Crippen molar-refractivity contribution >= 4 is 11.8 Å². The normalized spacial score (nSPS) is 16.5. The third kappa shape index (κ3) is 6.86. The minimum absolute atomic E-state index is 0.0262. The van der Waals surface area contributed by atoms with Crippen molar-refractivity contribution in [3.63, 3.8) is 0 Å². The molecule has 0 aromatic heterocycles. The molecular weight excluding hydrogens is 481 g/mol. The van der Waals surface area contributed by atoms with Gasteiger partial charge in [-0.05, 0) is 66.9 Å². The molecule has 3 aromatic rings. The van der Waals surface area contributed by atoms with Crippen LogP contribution < -0.4 is 10.1 Å². The maximum Gasteiger partial charge on any atom is 0.251 e. The van der Waals surface area contributed by atoms with E-state index in [0.717, 1.165) is 11.1 Å². The second kappa shape index (κ2) is 12.5. The monoisotopic (exact) mass is 515 g/mol. The molecule has 6 nitrogen and oxygen atoms in total. The van der Waals surface area contributed by atoms with Gasteiger partial charge in [-0.3, -0.25) is 14.5 Å². The van der Waals surface area contributed by atoms with Gasteiger partial charge in [0.1, 0.15) is 17.7 Å². The summed E-state index contributed by atoms with van der Waals surface area (Å²) in [4.78, 5) is 28.8. The minimum Gasteiger partial charge on any atom is -0.484 e. The number of hydrogen-bond donors (Lipinski definition) is 1. The lowest BCUT2D eigenvalue weighted by atomic mass is 10.0. The van der Waals surface area contributed by atoms with Crippen molar-refractivity contribution in [1.82, 2.24) is 15.1 Å². The molecular formula is C31H34FN3O3. The quantitative estimate of drug-likeness (QED) is 0.412. The summed E-state index contributed by atoms with van der Waals surface area (Å²) in [6, 6.07) is 21.9. The van der Waals surface area contributed by atoms with Crippen molar-refractivity contribution in [3.05, 3.63) is 114 Å². The number of hydrogen-bond acceptors (Lipinski definition) is 4. The largest absolute Gasteiger partial charge is 0.484 e. The Balaban J connectivity index is 1.45. The molecule has 1 heterocycles. The van der Waals surface area contributed by atoms with E-state index in [1.807, 2.05) is 48.2 Å². The fourth-order valence-electron chi connectivity index (χ4n) is 4.63. The molecule has 198 valence electrons. The summed E-state index contributed by atoms with van der Waals surface area (Å²) < 4.78 is 20.8. The van der Waals surface area contributed by atoms with Crippen LogP contribution >= 0.6 is 0 Å². The van der Waals surface area contributed by atoms with Gasteiger partial charge in [0.05, 0.1) is 0 Å². The van der Waals surface area contributed by atoms with Gasteiger partial charge in [0.15, 0.2) is 0 Å². The van der Waals surface area contributed by atoms with E-state index in [-0.39, 0.29) is 23.7 Å². The van der Waals surface area contributed by atoms with Gasteiger partial charge in [-0.15, -0.1) is 0 Å². The lowest BCUT2D eigenvalue weighted by Gasteiger charge is -2.40. The first kappa shape index (κ1) is 27.1. The van der Waals surface area contributed by atoms with Crippen molar-refractivity contribution in [2.45, 2.75) is 32.5 Å². The Labute approximate surface area is 223 Å². The van der Waals surface area contributed by atoms with Crippen molar-refractivity contribution in [3.8, 4) is 5.75 Å². The molecule has 0 spiro atoms. The molecule has 2 atom stereocenters. The van der Waals surface area contributed by atoms with E-state index >= 15 is 0 Å². The molecule has 0 unspecified atom stereocenters. The van der Waals surface area contributed by atoms with Crippen LogP contribution in [0.4, 0.5) is 4.39 Å². The Morgan fingerprint density at radius 2 is 1.84 bits per heavy atom. The number of amides is 2. The third-order valence-electron chi connectivity index (χ3n) is 6.85. The van der Waals surface area contributed by atoms with E-state index in [4.69, 9.17) is 4.74 Å². The van der Waals surface area contributed by atoms with Gasteiger partial charge in [0.2, 0.25) is 5.91 Å². The van der Waals surface area contributed by atoms with Crippen molar-refractivity contribution < 1.29 is 18.7 Å². The number of halogens is 1. The Morgan fingerprint density at radius 1 is 1.11 bits per heavy atom. The number of piperazine rings is 1. The molecule has 1 saturated heterocycles. The standard InChI is InChI=1S/C31H34FN3O3/c1-4-30(36)35-17-16-34(20-23(35)3)21-29(26-11-10-22(2)28(32)18-26)38-27-14-12-25(13-15-27)31(37)33-19-24-8-6-5-7-9-24/h4-15,18,23,29H,1,16-17,19-21H2,2-3H3,(H,33,37)/t23-,29-/m1/s1. The van der Waals surface area contributed by atoms with E-state index < -0.39 is 6.10 Å². The van der Waals surface area contributed by atoms with Crippen LogP contribution in [0.5, 0.6) is 5.75 Å². The van der Waals surface area contributed by atoms with E-state index in [1.54, 1.807) is 37.3 Å². The predicted molar refractivity (Wildman–Crippen MR) is 146 cm³/mol. The molecule has 1 aliphatic rings. The Hall–Kier alpha value is -3.97. The molecule has 0 saturated carbocycles. The summed E-state index contributed by atoms with van der Waals surface area (Å²) in [5.74, 6) is 0.0670. The van der Waals surface area contributed by atoms with Gasteiger partial charge < -0.3 is 15.0 Å². The summed E-state index contributed by atoms with van der Waals surface area (Å²) in [7, 11) is 0. The molecule has 0 aliphatic carbocycles. The van der Waals surface area contributed by atoms with E-state index in [1.165, 1.54) is 12.1 Å². The second-order valence-electron chi connectivity index (χ2n) is 9.65. The number of aryl methyl sites for hydroxylation is 1. The number of nitrogens with zero attached hydrogens (tertiary/aromatic N) is 2. The van der Waals surface area contributed by atoms with Crippen LogP contribution in [0.25, 0.3) is 0 Å². The van der Waals surface area contributed by atoms with Crippen LogP contribution in [0.1, 0.15) is 40.1 Å². The summed E-state index contributed by atoms with van der Waals surface area (Å²) in [5.41, 5.74) is 2.86. The van der Waals surface area contributed by atoms with E-state index in [0.29, 0.717) is 49.6 Å². The second-order valence-corrected chi connectivity index (χ2v) is 9.65. The first-order valence-electron chi connectivity index (χ1n) is 12.8. The van der Waals surface area contributed by atoms with Gasteiger partial charge in [0.25, 0.3) is 5.91 Å². The Kier molecular flexibility index (Phi) is 8.92. The van der Waals surface area contributed by atoms with Crippen LogP contribution in [-0.2, 0) is 11.3 Å². The predicted octanol–water partition coefficient (Wildman–Crippen LogP) is 4.90. The minimum atomic E-state index is -0.434. The molecule has 1 N–H and O–H groups in total. The molecule has 38 heavy (non-hydrogen) atoms. The van der Waals surface area contributed by atoms with Gasteiger partial charge in [-0.25, -0.2) is 4.39 Å². The molecule has 0 bridgehead atoms.